The van der Waals surface area contributed by atoms with Crippen LogP contribution in [0.3, 0.4) is 0 Å². The van der Waals surface area contributed by atoms with Crippen molar-refractivity contribution >= 4 is 5.91 Å². The van der Waals surface area contributed by atoms with Crippen LogP contribution in [0.4, 0.5) is 13.2 Å². The summed E-state index contributed by atoms with van der Waals surface area (Å²) in [6, 6.07) is 9.16. The number of alkyl halides is 3. The third-order valence-electron chi connectivity index (χ3n) is 5.50. The lowest BCUT2D eigenvalue weighted by Gasteiger charge is -2.35. The first-order valence-electron chi connectivity index (χ1n) is 9.25. The van der Waals surface area contributed by atoms with Gasteiger partial charge in [0.05, 0.1) is 0 Å². The van der Waals surface area contributed by atoms with E-state index in [0.717, 1.165) is 42.9 Å². The zero-order valence-corrected chi connectivity index (χ0v) is 14.8. The first-order chi connectivity index (χ1) is 12.4. The van der Waals surface area contributed by atoms with Crippen LogP contribution in [0.5, 0.6) is 0 Å². The molecule has 2 fully saturated rings. The highest BCUT2D eigenvalue weighted by molar-refractivity contribution is 5.82. The first kappa shape index (κ1) is 19.2. The molecule has 1 heterocycles. The average Bonchev–Trinajstić information content (AvgIpc) is 3.41. The Kier molecular flexibility index (Phi) is 5.87. The standard InChI is InChI=1S/C19H26F3N3O/c20-19(21,22)18(26)25(13-14-6-9-24(10-7-14)11-8-23)17-12-16(17)15-4-2-1-3-5-15/h1-5,14,16-17H,6-13,23H2. The molecule has 1 aromatic rings. The van der Waals surface area contributed by atoms with Crippen LogP contribution in [0.1, 0.15) is 30.7 Å². The molecule has 2 aliphatic rings. The molecule has 0 aromatic heterocycles. The minimum Gasteiger partial charge on any atom is -0.331 e. The summed E-state index contributed by atoms with van der Waals surface area (Å²) < 4.78 is 39.4. The molecule has 3 rings (SSSR count). The first-order valence-corrected chi connectivity index (χ1v) is 9.25. The van der Waals surface area contributed by atoms with Crippen molar-refractivity contribution in [1.29, 1.82) is 0 Å². The summed E-state index contributed by atoms with van der Waals surface area (Å²) in [6.07, 6.45) is -2.59. The molecule has 2 unspecified atom stereocenters. The maximum Gasteiger partial charge on any atom is 0.471 e. The molecule has 1 saturated carbocycles. The van der Waals surface area contributed by atoms with Crippen LogP contribution in [0.2, 0.25) is 0 Å². The highest BCUT2D eigenvalue weighted by atomic mass is 19.4. The lowest BCUT2D eigenvalue weighted by Crippen LogP contribution is -2.47. The van der Waals surface area contributed by atoms with E-state index < -0.39 is 12.1 Å². The molecular formula is C19H26F3N3O. The maximum atomic E-state index is 13.1. The van der Waals surface area contributed by atoms with Crippen molar-refractivity contribution in [1.82, 2.24) is 9.80 Å². The summed E-state index contributed by atoms with van der Waals surface area (Å²) in [5.41, 5.74) is 6.57. The molecule has 1 aliphatic carbocycles. The van der Waals surface area contributed by atoms with Crippen molar-refractivity contribution < 1.29 is 18.0 Å². The fourth-order valence-corrected chi connectivity index (χ4v) is 3.97. The quantitative estimate of drug-likeness (QED) is 0.839. The number of carbonyl (C=O) groups excluding carboxylic acids is 1. The molecule has 7 heteroatoms. The second kappa shape index (κ2) is 7.96. The van der Waals surface area contributed by atoms with E-state index in [9.17, 15) is 18.0 Å². The fourth-order valence-electron chi connectivity index (χ4n) is 3.97. The number of carbonyl (C=O) groups is 1. The number of hydrogen-bond donors (Lipinski definition) is 1. The number of nitrogens with zero attached hydrogens (tertiary/aromatic N) is 2. The third kappa shape index (κ3) is 4.57. The molecular weight excluding hydrogens is 343 g/mol. The maximum absolute atomic E-state index is 13.1. The molecule has 26 heavy (non-hydrogen) atoms. The van der Waals surface area contributed by atoms with E-state index in [4.69, 9.17) is 5.73 Å². The number of piperidine rings is 1. The van der Waals surface area contributed by atoms with E-state index in [0.29, 0.717) is 13.0 Å². The van der Waals surface area contributed by atoms with E-state index in [-0.39, 0.29) is 24.4 Å². The topological polar surface area (TPSA) is 49.6 Å². The van der Waals surface area contributed by atoms with Gasteiger partial charge in [-0.05, 0) is 43.8 Å². The van der Waals surface area contributed by atoms with Crippen LogP contribution in [0, 0.1) is 5.92 Å². The zero-order chi connectivity index (χ0) is 18.7. The van der Waals surface area contributed by atoms with Crippen molar-refractivity contribution in [2.75, 3.05) is 32.7 Å². The molecule has 1 aromatic carbocycles. The van der Waals surface area contributed by atoms with Gasteiger partial charge in [-0.15, -0.1) is 0 Å². The van der Waals surface area contributed by atoms with Gasteiger partial charge in [0.25, 0.3) is 0 Å². The number of likely N-dealkylation sites (tertiary alicyclic amines) is 1. The van der Waals surface area contributed by atoms with Crippen molar-refractivity contribution in [3.63, 3.8) is 0 Å². The number of halogens is 3. The van der Waals surface area contributed by atoms with Gasteiger partial charge < -0.3 is 15.5 Å². The van der Waals surface area contributed by atoms with Crippen LogP contribution in [0.15, 0.2) is 30.3 Å². The van der Waals surface area contributed by atoms with Gasteiger partial charge in [0, 0.05) is 31.6 Å². The van der Waals surface area contributed by atoms with E-state index in [1.54, 1.807) is 0 Å². The monoisotopic (exact) mass is 369 g/mol. The Bertz CT molecular complexity index is 600. The highest BCUT2D eigenvalue weighted by Gasteiger charge is 2.52. The Hall–Kier alpha value is -1.60. The number of amides is 1. The molecule has 0 spiro atoms. The van der Waals surface area contributed by atoms with Crippen LogP contribution in [-0.4, -0.2) is 60.6 Å². The number of benzene rings is 1. The van der Waals surface area contributed by atoms with E-state index >= 15 is 0 Å². The molecule has 2 atom stereocenters. The molecule has 1 aliphatic heterocycles. The summed E-state index contributed by atoms with van der Waals surface area (Å²) in [4.78, 5) is 15.4. The summed E-state index contributed by atoms with van der Waals surface area (Å²) in [6.45, 7) is 3.27. The molecule has 2 N–H and O–H groups in total. The molecule has 4 nitrogen and oxygen atoms in total. The van der Waals surface area contributed by atoms with E-state index in [1.807, 2.05) is 30.3 Å². The van der Waals surface area contributed by atoms with Crippen molar-refractivity contribution in [2.24, 2.45) is 11.7 Å². The predicted molar refractivity (Wildman–Crippen MR) is 93.6 cm³/mol. The van der Waals surface area contributed by atoms with E-state index in [2.05, 4.69) is 4.90 Å². The minimum absolute atomic E-state index is 0.0137. The van der Waals surface area contributed by atoms with Crippen molar-refractivity contribution in [3.05, 3.63) is 35.9 Å². The number of rotatable bonds is 6. The lowest BCUT2D eigenvalue weighted by atomic mass is 9.96. The summed E-state index contributed by atoms with van der Waals surface area (Å²) in [5.74, 6) is -1.56. The Morgan fingerprint density at radius 2 is 1.85 bits per heavy atom. The van der Waals surface area contributed by atoms with Crippen LogP contribution in [-0.2, 0) is 4.79 Å². The summed E-state index contributed by atoms with van der Waals surface area (Å²) in [7, 11) is 0. The van der Waals surface area contributed by atoms with Gasteiger partial charge in [-0.2, -0.15) is 13.2 Å². The summed E-state index contributed by atoms with van der Waals surface area (Å²) in [5, 5.41) is 0. The smallest absolute Gasteiger partial charge is 0.331 e. The van der Waals surface area contributed by atoms with Crippen LogP contribution < -0.4 is 5.73 Å². The Labute approximate surface area is 152 Å². The van der Waals surface area contributed by atoms with Crippen LogP contribution in [0.25, 0.3) is 0 Å². The Balaban J connectivity index is 1.65. The van der Waals surface area contributed by atoms with Gasteiger partial charge in [0.1, 0.15) is 0 Å². The molecule has 1 saturated heterocycles. The SMILES string of the molecule is NCCN1CCC(CN(C(=O)C(F)(F)F)C2CC2c2ccccc2)CC1. The average molecular weight is 369 g/mol. The van der Waals surface area contributed by atoms with Gasteiger partial charge in [0.15, 0.2) is 0 Å². The van der Waals surface area contributed by atoms with Crippen molar-refractivity contribution in [2.45, 2.75) is 37.4 Å². The van der Waals surface area contributed by atoms with Gasteiger partial charge in [-0.1, -0.05) is 30.3 Å². The van der Waals surface area contributed by atoms with Gasteiger partial charge >= 0.3 is 12.1 Å². The lowest BCUT2D eigenvalue weighted by molar-refractivity contribution is -0.187. The van der Waals surface area contributed by atoms with Crippen molar-refractivity contribution in [3.8, 4) is 0 Å². The number of nitrogens with two attached hydrogens (primary N) is 1. The second-order valence-electron chi connectivity index (χ2n) is 7.35. The van der Waals surface area contributed by atoms with Crippen LogP contribution >= 0.6 is 0 Å². The number of hydrogen-bond acceptors (Lipinski definition) is 3. The van der Waals surface area contributed by atoms with E-state index in [1.165, 1.54) is 0 Å². The Morgan fingerprint density at radius 1 is 1.19 bits per heavy atom. The molecule has 0 bridgehead atoms. The van der Waals surface area contributed by atoms with Gasteiger partial charge in [-0.25, -0.2) is 0 Å². The highest BCUT2D eigenvalue weighted by Crippen LogP contribution is 2.46. The molecule has 144 valence electrons. The predicted octanol–water partition coefficient (Wildman–Crippen LogP) is 2.60. The fraction of sp³-hybridized carbons (Fsp3) is 0.632. The molecule has 1 amide bonds. The largest absolute Gasteiger partial charge is 0.471 e. The Morgan fingerprint density at radius 3 is 2.42 bits per heavy atom. The second-order valence-corrected chi connectivity index (χ2v) is 7.35. The normalized spacial score (nSPS) is 24.5. The van der Waals surface area contributed by atoms with Gasteiger partial charge in [-0.3, -0.25) is 4.79 Å². The zero-order valence-electron chi connectivity index (χ0n) is 14.8. The molecule has 0 radical (unpaired) electrons. The third-order valence-corrected chi connectivity index (χ3v) is 5.50. The minimum atomic E-state index is -4.82. The van der Waals surface area contributed by atoms with Gasteiger partial charge in [0.2, 0.25) is 0 Å². The summed E-state index contributed by atoms with van der Waals surface area (Å²) >= 11 is 0.